The summed E-state index contributed by atoms with van der Waals surface area (Å²) in [6.45, 7) is 8.90. The van der Waals surface area contributed by atoms with Crippen LogP contribution in [0.1, 0.15) is 20.3 Å². The Morgan fingerprint density at radius 2 is 2.22 bits per heavy atom. The first kappa shape index (κ1) is 20.7. The van der Waals surface area contributed by atoms with Crippen LogP contribution >= 0.6 is 34.4 Å². The van der Waals surface area contributed by atoms with E-state index in [1.165, 1.54) is 0 Å². The molecule has 1 aliphatic rings. The van der Waals surface area contributed by atoms with Crippen molar-refractivity contribution < 1.29 is 18.3 Å². The first-order valence-corrected chi connectivity index (χ1v) is 10.8. The Bertz CT molecular complexity index is 659. The molecule has 0 amide bonds. The van der Waals surface area contributed by atoms with Gasteiger partial charge in [0, 0.05) is 16.7 Å². The van der Waals surface area contributed by atoms with Crippen LogP contribution in [-0.2, 0) is 10.1 Å². The number of nitrogens with two attached hydrogens (primary N) is 1. The molecule has 1 rings (SSSR count). The minimum atomic E-state index is -3.89. The highest BCUT2D eigenvalue weighted by molar-refractivity contribution is 14.1. The van der Waals surface area contributed by atoms with Crippen molar-refractivity contribution in [1.82, 2.24) is 0 Å². The maximum atomic E-state index is 10.8. The summed E-state index contributed by atoms with van der Waals surface area (Å²) >= 11 is 3.76. The lowest BCUT2D eigenvalue weighted by atomic mass is 9.93. The Morgan fingerprint density at radius 1 is 1.52 bits per heavy atom. The van der Waals surface area contributed by atoms with Crippen LogP contribution in [0.4, 0.5) is 0 Å². The van der Waals surface area contributed by atoms with Crippen molar-refractivity contribution in [3.63, 3.8) is 0 Å². The Balaban J connectivity index is 2.82. The van der Waals surface area contributed by atoms with Crippen LogP contribution in [0.25, 0.3) is 0 Å². The number of halogens is 1. The fraction of sp³-hybridized carbons (Fsp3) is 0.375. The van der Waals surface area contributed by atoms with Gasteiger partial charge in [0.05, 0.1) is 17.2 Å². The summed E-state index contributed by atoms with van der Waals surface area (Å²) in [4.78, 5) is 2.05. The molecule has 0 bridgehead atoms. The van der Waals surface area contributed by atoms with E-state index in [1.54, 1.807) is 11.8 Å². The minimum Gasteiger partial charge on any atom is -0.313 e. The van der Waals surface area contributed by atoms with Gasteiger partial charge in [0.1, 0.15) is 5.70 Å². The van der Waals surface area contributed by atoms with E-state index in [2.05, 4.69) is 55.2 Å². The second-order valence-corrected chi connectivity index (χ2v) is 9.26. The Hall–Kier alpha value is -0.350. The van der Waals surface area contributed by atoms with Crippen molar-refractivity contribution in [2.24, 2.45) is 5.41 Å². The highest BCUT2D eigenvalue weighted by Gasteiger charge is 2.20. The van der Waals surface area contributed by atoms with E-state index >= 15 is 0 Å². The van der Waals surface area contributed by atoms with E-state index in [0.717, 1.165) is 15.5 Å². The van der Waals surface area contributed by atoms with E-state index in [-0.39, 0.29) is 11.2 Å². The average molecular weight is 468 g/mol. The topological polar surface area (TPSA) is 71.0 Å². The lowest BCUT2D eigenvalue weighted by Crippen LogP contribution is -2.82. The Morgan fingerprint density at radius 3 is 2.83 bits per heavy atom. The Labute approximate surface area is 156 Å². The molecule has 128 valence electrons. The molecule has 4 nitrogen and oxygen atoms in total. The molecule has 0 radical (unpaired) electrons. The molecular formula is C16H23INO3S2+. The number of allylic oxidation sites excluding steroid dienone is 5. The molecule has 3 N–H and O–H groups in total. The quantitative estimate of drug-likeness (QED) is 0.248. The third kappa shape index (κ3) is 8.90. The molecule has 0 unspecified atom stereocenters. The van der Waals surface area contributed by atoms with Gasteiger partial charge in [0.2, 0.25) is 0 Å². The van der Waals surface area contributed by atoms with Gasteiger partial charge in [-0.2, -0.15) is 8.42 Å². The molecule has 7 heteroatoms. The van der Waals surface area contributed by atoms with Gasteiger partial charge in [-0.1, -0.05) is 73.0 Å². The monoisotopic (exact) mass is 468 g/mol. The standard InChI is InChI=1S/C16H22INO3S2/c1-13(7-9-17)22-15-12-16(2,3)8-4-6-14(15)18-10-5-11-23(19,20)21/h4,6-9,12,18H,1,5,10-11H2,2-3H3,(H,19,20,21)/p+1/b9-7+. The third-order valence-electron chi connectivity index (χ3n) is 3.05. The van der Waals surface area contributed by atoms with Crippen molar-refractivity contribution in [1.29, 1.82) is 0 Å². The van der Waals surface area contributed by atoms with Crippen LogP contribution in [0.15, 0.2) is 56.5 Å². The normalized spacial score (nSPS) is 17.7. The molecule has 0 spiro atoms. The predicted octanol–water partition coefficient (Wildman–Crippen LogP) is 3.39. The lowest BCUT2D eigenvalue weighted by molar-refractivity contribution is -0.602. The van der Waals surface area contributed by atoms with Gasteiger partial charge in [-0.15, -0.1) is 0 Å². The second kappa shape index (κ2) is 9.22. The van der Waals surface area contributed by atoms with E-state index in [1.807, 2.05) is 27.6 Å². The van der Waals surface area contributed by atoms with Gasteiger partial charge in [0.25, 0.3) is 10.1 Å². The fourth-order valence-corrected chi connectivity index (χ4v) is 4.24. The average Bonchev–Trinajstić information content (AvgIpc) is 2.52. The van der Waals surface area contributed by atoms with Gasteiger partial charge in [-0.05, 0) is 16.2 Å². The maximum absolute atomic E-state index is 10.8. The zero-order valence-corrected chi connectivity index (χ0v) is 17.1. The zero-order valence-electron chi connectivity index (χ0n) is 13.3. The SMILES string of the molecule is C=C(/C=C/I)SC1=CC(C)(C)C=CC=C1[NH2+]CCCS(=O)(=O)O. The minimum absolute atomic E-state index is 0.0584. The number of quaternary nitrogens is 1. The number of hydrogen-bond donors (Lipinski definition) is 2. The molecule has 0 aromatic heterocycles. The fourth-order valence-electron chi connectivity index (χ4n) is 1.98. The van der Waals surface area contributed by atoms with Crippen LogP contribution in [0.5, 0.6) is 0 Å². The Kier molecular flexibility index (Phi) is 8.29. The molecule has 23 heavy (non-hydrogen) atoms. The second-order valence-electron chi connectivity index (χ2n) is 5.80. The molecule has 1 aliphatic carbocycles. The molecule has 0 saturated heterocycles. The molecule has 0 aromatic rings. The highest BCUT2D eigenvalue weighted by Crippen LogP contribution is 2.35. The summed E-state index contributed by atoms with van der Waals surface area (Å²) in [6.07, 6.45) is 10.7. The van der Waals surface area contributed by atoms with E-state index in [4.69, 9.17) is 4.55 Å². The van der Waals surface area contributed by atoms with Crippen LogP contribution < -0.4 is 5.32 Å². The maximum Gasteiger partial charge on any atom is 0.265 e. The zero-order chi connectivity index (χ0) is 17.5. The molecule has 0 aliphatic heterocycles. The first-order chi connectivity index (χ1) is 10.6. The highest BCUT2D eigenvalue weighted by atomic mass is 127. The van der Waals surface area contributed by atoms with Crippen molar-refractivity contribution in [2.75, 3.05) is 12.3 Å². The largest absolute Gasteiger partial charge is 0.313 e. The molecule has 0 fully saturated rings. The number of thioether (sulfide) groups is 1. The summed E-state index contributed by atoms with van der Waals surface area (Å²) in [5.74, 6) is -0.214. The summed E-state index contributed by atoms with van der Waals surface area (Å²) in [5.41, 5.74) is 0.993. The predicted molar refractivity (Wildman–Crippen MR) is 107 cm³/mol. The molecule has 0 saturated carbocycles. The molecule has 0 heterocycles. The van der Waals surface area contributed by atoms with E-state index in [9.17, 15) is 8.42 Å². The molecule has 0 atom stereocenters. The summed E-state index contributed by atoms with van der Waals surface area (Å²) < 4.78 is 32.3. The van der Waals surface area contributed by atoms with Crippen LogP contribution in [0.2, 0.25) is 0 Å². The number of hydrogen-bond acceptors (Lipinski definition) is 3. The lowest BCUT2D eigenvalue weighted by Gasteiger charge is -2.16. The molecule has 0 aromatic carbocycles. The van der Waals surface area contributed by atoms with Gasteiger partial charge >= 0.3 is 0 Å². The third-order valence-corrected chi connectivity index (χ3v) is 5.19. The van der Waals surface area contributed by atoms with Crippen molar-refractivity contribution in [3.8, 4) is 0 Å². The smallest absolute Gasteiger partial charge is 0.265 e. The van der Waals surface area contributed by atoms with Crippen LogP contribution in [0, 0.1) is 5.41 Å². The van der Waals surface area contributed by atoms with E-state index in [0.29, 0.717) is 13.0 Å². The number of rotatable bonds is 8. The van der Waals surface area contributed by atoms with Crippen LogP contribution in [0.3, 0.4) is 0 Å². The van der Waals surface area contributed by atoms with Gasteiger partial charge < -0.3 is 5.32 Å². The summed E-state index contributed by atoms with van der Waals surface area (Å²) in [7, 11) is -3.89. The first-order valence-electron chi connectivity index (χ1n) is 7.17. The van der Waals surface area contributed by atoms with Gasteiger partial charge in [-0.25, -0.2) is 0 Å². The van der Waals surface area contributed by atoms with Gasteiger partial charge in [-0.3, -0.25) is 4.55 Å². The van der Waals surface area contributed by atoms with Gasteiger partial charge in [0.15, 0.2) is 0 Å². The van der Waals surface area contributed by atoms with E-state index < -0.39 is 10.1 Å². The molecular weight excluding hydrogens is 445 g/mol. The summed E-state index contributed by atoms with van der Waals surface area (Å²) in [5, 5.41) is 2.01. The van der Waals surface area contributed by atoms with Crippen molar-refractivity contribution in [3.05, 3.63) is 56.5 Å². The van der Waals surface area contributed by atoms with Crippen molar-refractivity contribution >= 4 is 44.5 Å². The summed E-state index contributed by atoms with van der Waals surface area (Å²) in [6, 6.07) is 0. The van der Waals surface area contributed by atoms with Crippen molar-refractivity contribution in [2.45, 2.75) is 20.3 Å². The van der Waals surface area contributed by atoms with Crippen LogP contribution in [-0.4, -0.2) is 25.3 Å².